The van der Waals surface area contributed by atoms with Crippen LogP contribution in [0.4, 0.5) is 0 Å². The van der Waals surface area contributed by atoms with Crippen LogP contribution < -0.4 is 5.73 Å². The van der Waals surface area contributed by atoms with Gasteiger partial charge in [0.2, 0.25) is 0 Å². The van der Waals surface area contributed by atoms with Crippen molar-refractivity contribution in [2.45, 2.75) is 25.8 Å². The van der Waals surface area contributed by atoms with Gasteiger partial charge in [-0.3, -0.25) is 4.79 Å². The second kappa shape index (κ2) is 3.54. The lowest BCUT2D eigenvalue weighted by Crippen LogP contribution is -2.37. The molecule has 14 heavy (non-hydrogen) atoms. The Hall–Kier alpha value is -1.15. The number of ketones is 1. The minimum Gasteiger partial charge on any atom is -0.321 e. The van der Waals surface area contributed by atoms with Crippen LogP contribution in [-0.2, 0) is 17.6 Å². The maximum Gasteiger partial charge on any atom is 0.146 e. The molecule has 2 heteroatoms. The van der Waals surface area contributed by atoms with E-state index in [0.717, 1.165) is 12.8 Å². The van der Waals surface area contributed by atoms with E-state index in [1.165, 1.54) is 11.1 Å². The van der Waals surface area contributed by atoms with Gasteiger partial charge >= 0.3 is 0 Å². The molecule has 0 saturated carbocycles. The molecule has 74 valence electrons. The van der Waals surface area contributed by atoms with Gasteiger partial charge in [0.15, 0.2) is 0 Å². The Bertz CT molecular complexity index is 334. The lowest BCUT2D eigenvalue weighted by Gasteiger charge is -2.14. The quantitative estimate of drug-likeness (QED) is 0.762. The standard InChI is InChI=1S/C12H15NO/c1-8(14)12(13)11-6-9-4-2-3-5-10(9)7-11/h2-5,11-12H,6-7,13H2,1H3. The Kier molecular flexibility index (Phi) is 2.38. The molecule has 1 atom stereocenters. The van der Waals surface area contributed by atoms with Crippen molar-refractivity contribution >= 4 is 5.78 Å². The summed E-state index contributed by atoms with van der Waals surface area (Å²) in [5, 5.41) is 0. The molecule has 1 aromatic carbocycles. The largest absolute Gasteiger partial charge is 0.321 e. The third-order valence-corrected chi connectivity index (χ3v) is 3.06. The number of hydrogen-bond donors (Lipinski definition) is 1. The van der Waals surface area contributed by atoms with E-state index in [2.05, 4.69) is 12.1 Å². The van der Waals surface area contributed by atoms with Gasteiger partial charge in [0.1, 0.15) is 5.78 Å². The molecule has 1 aliphatic rings. The average molecular weight is 189 g/mol. The van der Waals surface area contributed by atoms with Crippen molar-refractivity contribution in [2.24, 2.45) is 11.7 Å². The van der Waals surface area contributed by atoms with Crippen LogP contribution in [0.25, 0.3) is 0 Å². The summed E-state index contributed by atoms with van der Waals surface area (Å²) >= 11 is 0. The third kappa shape index (κ3) is 1.58. The summed E-state index contributed by atoms with van der Waals surface area (Å²) < 4.78 is 0. The van der Waals surface area contributed by atoms with Crippen LogP contribution in [0.3, 0.4) is 0 Å². The summed E-state index contributed by atoms with van der Waals surface area (Å²) in [7, 11) is 0. The molecule has 0 bridgehead atoms. The van der Waals surface area contributed by atoms with E-state index in [4.69, 9.17) is 5.73 Å². The fourth-order valence-corrected chi connectivity index (χ4v) is 2.18. The minimum absolute atomic E-state index is 0.0998. The van der Waals surface area contributed by atoms with E-state index < -0.39 is 0 Å². The molecular formula is C12H15NO. The Labute approximate surface area is 84.1 Å². The zero-order valence-corrected chi connectivity index (χ0v) is 8.36. The molecule has 2 rings (SSSR count). The van der Waals surface area contributed by atoms with E-state index in [1.54, 1.807) is 6.92 Å². The van der Waals surface area contributed by atoms with Crippen LogP contribution in [0, 0.1) is 5.92 Å². The highest BCUT2D eigenvalue weighted by Crippen LogP contribution is 2.28. The summed E-state index contributed by atoms with van der Waals surface area (Å²) in [5.41, 5.74) is 8.56. The van der Waals surface area contributed by atoms with Gasteiger partial charge in [-0.1, -0.05) is 24.3 Å². The van der Waals surface area contributed by atoms with Gasteiger partial charge in [0.05, 0.1) is 6.04 Å². The van der Waals surface area contributed by atoms with E-state index in [1.807, 2.05) is 12.1 Å². The van der Waals surface area contributed by atoms with Gasteiger partial charge in [-0.2, -0.15) is 0 Å². The Morgan fingerprint density at radius 1 is 1.36 bits per heavy atom. The predicted octanol–water partition coefficient (Wildman–Crippen LogP) is 1.32. The van der Waals surface area contributed by atoms with Crippen LogP contribution in [0.1, 0.15) is 18.1 Å². The van der Waals surface area contributed by atoms with Crippen LogP contribution in [0.2, 0.25) is 0 Å². The van der Waals surface area contributed by atoms with Gasteiger partial charge in [-0.25, -0.2) is 0 Å². The van der Waals surface area contributed by atoms with E-state index in [9.17, 15) is 4.79 Å². The zero-order chi connectivity index (χ0) is 10.1. The summed E-state index contributed by atoms with van der Waals surface area (Å²) in [6.45, 7) is 1.58. The molecule has 0 saturated heterocycles. The predicted molar refractivity (Wildman–Crippen MR) is 56.0 cm³/mol. The molecule has 0 aliphatic heterocycles. The molecule has 1 unspecified atom stereocenters. The first-order chi connectivity index (χ1) is 6.68. The van der Waals surface area contributed by atoms with Crippen molar-refractivity contribution < 1.29 is 4.79 Å². The number of benzene rings is 1. The van der Waals surface area contributed by atoms with Gasteiger partial charge in [0.25, 0.3) is 0 Å². The van der Waals surface area contributed by atoms with Gasteiger partial charge in [-0.15, -0.1) is 0 Å². The Morgan fingerprint density at radius 2 is 1.86 bits per heavy atom. The van der Waals surface area contributed by atoms with Crippen molar-refractivity contribution in [3.63, 3.8) is 0 Å². The number of nitrogens with two attached hydrogens (primary N) is 1. The topological polar surface area (TPSA) is 43.1 Å². The lowest BCUT2D eigenvalue weighted by atomic mass is 9.95. The summed E-state index contributed by atoms with van der Waals surface area (Å²) in [4.78, 5) is 11.2. The van der Waals surface area contributed by atoms with E-state index in [-0.39, 0.29) is 11.8 Å². The number of Topliss-reactive ketones (excluding diaryl/α,β-unsaturated/α-hetero) is 1. The summed E-state index contributed by atoms with van der Waals surface area (Å²) in [6, 6.07) is 8.05. The van der Waals surface area contributed by atoms with E-state index >= 15 is 0 Å². The van der Waals surface area contributed by atoms with Crippen molar-refractivity contribution in [3.05, 3.63) is 35.4 Å². The molecule has 2 N–H and O–H groups in total. The van der Waals surface area contributed by atoms with Crippen LogP contribution in [0.15, 0.2) is 24.3 Å². The van der Waals surface area contributed by atoms with Gasteiger partial charge < -0.3 is 5.73 Å². The van der Waals surface area contributed by atoms with Crippen LogP contribution in [-0.4, -0.2) is 11.8 Å². The third-order valence-electron chi connectivity index (χ3n) is 3.06. The first-order valence-corrected chi connectivity index (χ1v) is 5.01. The fourth-order valence-electron chi connectivity index (χ4n) is 2.18. The van der Waals surface area contributed by atoms with Crippen molar-refractivity contribution in [1.29, 1.82) is 0 Å². The van der Waals surface area contributed by atoms with Crippen LogP contribution >= 0.6 is 0 Å². The van der Waals surface area contributed by atoms with Crippen molar-refractivity contribution in [3.8, 4) is 0 Å². The maximum absolute atomic E-state index is 11.2. The number of carbonyl (C=O) groups excluding carboxylic acids is 1. The van der Waals surface area contributed by atoms with Crippen LogP contribution in [0.5, 0.6) is 0 Å². The Morgan fingerprint density at radius 3 is 2.29 bits per heavy atom. The van der Waals surface area contributed by atoms with E-state index in [0.29, 0.717) is 5.92 Å². The highest BCUT2D eigenvalue weighted by Gasteiger charge is 2.28. The second-order valence-electron chi connectivity index (χ2n) is 4.07. The number of rotatable bonds is 2. The summed E-state index contributed by atoms with van der Waals surface area (Å²) in [5.74, 6) is 0.410. The SMILES string of the molecule is CC(=O)C(N)C1Cc2ccccc2C1. The Balaban J connectivity index is 2.15. The molecule has 0 spiro atoms. The van der Waals surface area contributed by atoms with Gasteiger partial charge in [0, 0.05) is 0 Å². The lowest BCUT2D eigenvalue weighted by molar-refractivity contribution is -0.119. The number of carbonyl (C=O) groups is 1. The highest BCUT2D eigenvalue weighted by molar-refractivity contribution is 5.81. The molecule has 0 radical (unpaired) electrons. The number of hydrogen-bond acceptors (Lipinski definition) is 2. The smallest absolute Gasteiger partial charge is 0.146 e. The minimum atomic E-state index is -0.289. The van der Waals surface area contributed by atoms with Gasteiger partial charge in [-0.05, 0) is 36.8 Å². The second-order valence-corrected chi connectivity index (χ2v) is 4.07. The number of fused-ring (bicyclic) bond motifs is 1. The first kappa shape index (κ1) is 9.41. The molecule has 0 amide bonds. The zero-order valence-electron chi connectivity index (χ0n) is 8.36. The normalized spacial score (nSPS) is 17.9. The highest BCUT2D eigenvalue weighted by atomic mass is 16.1. The molecule has 0 heterocycles. The summed E-state index contributed by atoms with van der Waals surface area (Å²) in [6.07, 6.45) is 1.91. The first-order valence-electron chi connectivity index (χ1n) is 5.01. The van der Waals surface area contributed by atoms with Crippen molar-refractivity contribution in [2.75, 3.05) is 0 Å². The van der Waals surface area contributed by atoms with Crippen molar-refractivity contribution in [1.82, 2.24) is 0 Å². The fraction of sp³-hybridized carbons (Fsp3) is 0.417. The maximum atomic E-state index is 11.2. The molecule has 1 aliphatic carbocycles. The molecule has 2 nitrogen and oxygen atoms in total. The monoisotopic (exact) mass is 189 g/mol. The molecule has 0 fully saturated rings. The molecule has 0 aromatic heterocycles. The molecular weight excluding hydrogens is 174 g/mol. The average Bonchev–Trinajstić information content (AvgIpc) is 2.59. The molecule has 1 aromatic rings.